The maximum atomic E-state index is 12.2. The Balaban J connectivity index is 4.88. The van der Waals surface area contributed by atoms with Crippen LogP contribution in [-0.2, 0) is 19.2 Å². The van der Waals surface area contributed by atoms with E-state index in [0.717, 1.165) is 0 Å². The predicted molar refractivity (Wildman–Crippen MR) is 111 cm³/mol. The molecule has 0 unspecified atom stereocenters. The number of nitrogens with zero attached hydrogens (tertiary/aromatic N) is 4. The third-order valence-corrected chi connectivity index (χ3v) is 4.52. The molecule has 0 aliphatic heterocycles. The third-order valence-electron chi connectivity index (χ3n) is 4.52. The van der Waals surface area contributed by atoms with E-state index < -0.39 is 17.9 Å². The van der Waals surface area contributed by atoms with Crippen LogP contribution in [0.5, 0.6) is 0 Å². The van der Waals surface area contributed by atoms with E-state index in [1.807, 2.05) is 18.7 Å². The van der Waals surface area contributed by atoms with E-state index in [1.165, 1.54) is 0 Å². The van der Waals surface area contributed by atoms with Crippen molar-refractivity contribution < 1.29 is 34.5 Å². The lowest BCUT2D eigenvalue weighted by molar-refractivity contribution is -0.140. The summed E-state index contributed by atoms with van der Waals surface area (Å²) in [6, 6.07) is 0. The van der Waals surface area contributed by atoms with Gasteiger partial charge < -0.3 is 15.3 Å². The lowest BCUT2D eigenvalue weighted by Crippen LogP contribution is -2.45. The number of likely N-dealkylation sites (N-methyl/N-ethyl adjacent to an activating group) is 2. The smallest absolute Gasteiger partial charge is 0.317 e. The van der Waals surface area contributed by atoms with Gasteiger partial charge in [-0.05, 0) is 14.1 Å². The standard InChI is InChI=1S/C19H36N4O7/c1-15(2)16(24)11-22(7-5-20(3)12-17(25)26)9-10-23(14-19(29)30)8-6-21(4)13-18(27)28/h15H,5-14H2,1-4H3,(H,25,26)(H,27,28)(H,29,30). The van der Waals surface area contributed by atoms with E-state index in [0.29, 0.717) is 39.3 Å². The van der Waals surface area contributed by atoms with Gasteiger partial charge in [-0.3, -0.25) is 38.8 Å². The van der Waals surface area contributed by atoms with Crippen molar-refractivity contribution in [3.8, 4) is 0 Å². The van der Waals surface area contributed by atoms with Crippen LogP contribution in [-0.4, -0.2) is 138 Å². The summed E-state index contributed by atoms with van der Waals surface area (Å²) < 4.78 is 0. The predicted octanol–water partition coefficient (Wildman–Crippen LogP) is -1.07. The number of rotatable bonds is 18. The molecule has 0 spiro atoms. The van der Waals surface area contributed by atoms with Gasteiger partial charge in [-0.2, -0.15) is 0 Å². The third kappa shape index (κ3) is 14.9. The molecule has 0 fully saturated rings. The van der Waals surface area contributed by atoms with Gasteiger partial charge in [-0.15, -0.1) is 0 Å². The molecule has 0 saturated carbocycles. The summed E-state index contributed by atoms with van der Waals surface area (Å²) in [4.78, 5) is 51.8. The number of carbonyl (C=O) groups excluding carboxylic acids is 1. The molecular formula is C19H36N4O7. The molecule has 0 heterocycles. The molecule has 3 N–H and O–H groups in total. The van der Waals surface area contributed by atoms with E-state index in [2.05, 4.69) is 0 Å². The van der Waals surface area contributed by atoms with E-state index >= 15 is 0 Å². The molecule has 11 heteroatoms. The van der Waals surface area contributed by atoms with Gasteiger partial charge in [0.05, 0.1) is 26.2 Å². The molecule has 0 bridgehead atoms. The minimum atomic E-state index is -0.984. The topological polar surface area (TPSA) is 142 Å². The molecule has 0 amide bonds. The molecule has 0 rings (SSSR count). The maximum Gasteiger partial charge on any atom is 0.317 e. The average molecular weight is 433 g/mol. The molecule has 0 aliphatic rings. The molecule has 0 aliphatic carbocycles. The molecule has 0 aromatic carbocycles. The minimum absolute atomic E-state index is 0.0573. The van der Waals surface area contributed by atoms with Gasteiger partial charge in [0.25, 0.3) is 0 Å². The lowest BCUT2D eigenvalue weighted by atomic mass is 10.1. The summed E-state index contributed by atoms with van der Waals surface area (Å²) in [5.41, 5.74) is 0. The van der Waals surface area contributed by atoms with Gasteiger partial charge in [0.15, 0.2) is 0 Å². The molecule has 0 radical (unpaired) electrons. The number of aliphatic carboxylic acids is 3. The monoisotopic (exact) mass is 432 g/mol. The molecule has 11 nitrogen and oxygen atoms in total. The van der Waals surface area contributed by atoms with E-state index in [-0.39, 0.29) is 37.9 Å². The van der Waals surface area contributed by atoms with Crippen LogP contribution < -0.4 is 0 Å². The van der Waals surface area contributed by atoms with Crippen LogP contribution >= 0.6 is 0 Å². The Morgan fingerprint density at radius 3 is 1.27 bits per heavy atom. The Kier molecular flexibility index (Phi) is 13.8. The van der Waals surface area contributed by atoms with Crippen molar-refractivity contribution in [1.29, 1.82) is 0 Å². The number of hydrogen-bond acceptors (Lipinski definition) is 8. The average Bonchev–Trinajstić information content (AvgIpc) is 2.59. The normalized spacial score (nSPS) is 11.8. The van der Waals surface area contributed by atoms with Crippen molar-refractivity contribution in [2.24, 2.45) is 5.92 Å². The second kappa shape index (κ2) is 14.8. The van der Waals surface area contributed by atoms with Crippen molar-refractivity contribution in [1.82, 2.24) is 19.6 Å². The first-order valence-corrected chi connectivity index (χ1v) is 9.90. The summed E-state index contributed by atoms with van der Waals surface area (Å²) in [5, 5.41) is 26.9. The van der Waals surface area contributed by atoms with Gasteiger partial charge in [0.1, 0.15) is 5.78 Å². The first-order chi connectivity index (χ1) is 13.9. The highest BCUT2D eigenvalue weighted by Crippen LogP contribution is 2.01. The lowest BCUT2D eigenvalue weighted by Gasteiger charge is -2.29. The Morgan fingerprint density at radius 2 is 0.933 bits per heavy atom. The van der Waals surface area contributed by atoms with Gasteiger partial charge in [-0.1, -0.05) is 13.8 Å². The highest BCUT2D eigenvalue weighted by atomic mass is 16.4. The van der Waals surface area contributed by atoms with Crippen molar-refractivity contribution >= 4 is 23.7 Å². The molecule has 0 atom stereocenters. The summed E-state index contributed by atoms with van der Waals surface area (Å²) in [6.45, 7) is 5.94. The quantitative estimate of drug-likeness (QED) is 0.244. The van der Waals surface area contributed by atoms with E-state index in [1.54, 1.807) is 28.8 Å². The summed E-state index contributed by atoms with van der Waals surface area (Å²) >= 11 is 0. The molecule has 0 saturated heterocycles. The first-order valence-electron chi connectivity index (χ1n) is 9.90. The SMILES string of the molecule is CC(C)C(=O)CN(CCN(C)CC(=O)O)CCN(CCN(C)CC(=O)O)CC(=O)O. The number of ketones is 1. The van der Waals surface area contributed by atoms with Crippen LogP contribution in [0.4, 0.5) is 0 Å². The Bertz CT molecular complexity index is 571. The minimum Gasteiger partial charge on any atom is -0.480 e. The first kappa shape index (κ1) is 27.9. The second-order valence-corrected chi connectivity index (χ2v) is 7.83. The number of carbonyl (C=O) groups is 4. The number of hydrogen-bond donors (Lipinski definition) is 3. The molecule has 174 valence electrons. The van der Waals surface area contributed by atoms with Gasteiger partial charge >= 0.3 is 17.9 Å². The molecular weight excluding hydrogens is 396 g/mol. The van der Waals surface area contributed by atoms with Crippen molar-refractivity contribution in [2.45, 2.75) is 13.8 Å². The molecule has 30 heavy (non-hydrogen) atoms. The van der Waals surface area contributed by atoms with Crippen LogP contribution in [0.25, 0.3) is 0 Å². The van der Waals surface area contributed by atoms with Crippen LogP contribution in [0.15, 0.2) is 0 Å². The largest absolute Gasteiger partial charge is 0.480 e. The van der Waals surface area contributed by atoms with E-state index in [4.69, 9.17) is 15.3 Å². The fourth-order valence-corrected chi connectivity index (χ4v) is 2.66. The zero-order valence-corrected chi connectivity index (χ0v) is 18.4. The number of carboxylic acids is 3. The van der Waals surface area contributed by atoms with Crippen LogP contribution in [0.3, 0.4) is 0 Å². The molecule has 0 aromatic heterocycles. The number of carboxylic acid groups (broad SMARTS) is 3. The van der Waals surface area contributed by atoms with Gasteiger partial charge in [0.2, 0.25) is 0 Å². The summed E-state index contributed by atoms with van der Waals surface area (Å²) in [5.74, 6) is -2.95. The Hall–Kier alpha value is -2.08. The van der Waals surface area contributed by atoms with Crippen molar-refractivity contribution in [3.05, 3.63) is 0 Å². The number of Topliss-reactive ketones (excluding diaryl/α,β-unsaturated/α-hetero) is 1. The highest BCUT2D eigenvalue weighted by molar-refractivity contribution is 5.82. The van der Waals surface area contributed by atoms with Crippen molar-refractivity contribution in [2.75, 3.05) is 79.5 Å². The van der Waals surface area contributed by atoms with Crippen LogP contribution in [0.2, 0.25) is 0 Å². The van der Waals surface area contributed by atoms with Crippen LogP contribution in [0.1, 0.15) is 13.8 Å². The van der Waals surface area contributed by atoms with Gasteiger partial charge in [-0.25, -0.2) is 0 Å². The zero-order valence-electron chi connectivity index (χ0n) is 18.4. The van der Waals surface area contributed by atoms with Gasteiger partial charge in [0, 0.05) is 45.2 Å². The zero-order chi connectivity index (χ0) is 23.3. The van der Waals surface area contributed by atoms with Crippen LogP contribution in [0, 0.1) is 5.92 Å². The Labute approximate surface area is 177 Å². The highest BCUT2D eigenvalue weighted by Gasteiger charge is 2.18. The summed E-state index contributed by atoms with van der Waals surface area (Å²) in [7, 11) is 3.34. The van der Waals surface area contributed by atoms with E-state index in [9.17, 15) is 19.2 Å². The second-order valence-electron chi connectivity index (χ2n) is 7.83. The summed E-state index contributed by atoms with van der Waals surface area (Å²) in [6.07, 6.45) is 0. The Morgan fingerprint density at radius 1 is 0.600 bits per heavy atom. The maximum absolute atomic E-state index is 12.2. The fraction of sp³-hybridized carbons (Fsp3) is 0.789. The fourth-order valence-electron chi connectivity index (χ4n) is 2.66. The van der Waals surface area contributed by atoms with Crippen molar-refractivity contribution in [3.63, 3.8) is 0 Å². The molecule has 0 aromatic rings.